The van der Waals surface area contributed by atoms with E-state index < -0.39 is 5.97 Å². The van der Waals surface area contributed by atoms with Gasteiger partial charge in [0.15, 0.2) is 0 Å². The van der Waals surface area contributed by atoms with Gasteiger partial charge in [0.25, 0.3) is 5.91 Å². The Labute approximate surface area is 126 Å². The van der Waals surface area contributed by atoms with Crippen LogP contribution < -0.4 is 5.32 Å². The van der Waals surface area contributed by atoms with Crippen molar-refractivity contribution in [3.8, 4) is 0 Å². The Kier molecular flexibility index (Phi) is 5.94. The first-order valence-corrected chi connectivity index (χ1v) is 7.37. The molecule has 0 aliphatic heterocycles. The minimum Gasteiger partial charge on any atom is -0.481 e. The molecule has 2 N–H and O–H groups in total. The Balaban J connectivity index is 2.76. The minimum absolute atomic E-state index is 0.0420. The third-order valence-electron chi connectivity index (χ3n) is 3.41. The van der Waals surface area contributed by atoms with Crippen LogP contribution in [0.15, 0.2) is 24.3 Å². The lowest BCUT2D eigenvalue weighted by molar-refractivity contribution is -0.137. The monoisotopic (exact) mass is 291 g/mol. The summed E-state index contributed by atoms with van der Waals surface area (Å²) in [6.45, 7) is 8.32. The summed E-state index contributed by atoms with van der Waals surface area (Å²) in [5.74, 6) is -1.10. The lowest BCUT2D eigenvalue weighted by Crippen LogP contribution is -2.36. The number of nitrogens with one attached hydrogen (secondary N) is 1. The average Bonchev–Trinajstić information content (AvgIpc) is 2.37. The number of hydrogen-bond donors (Lipinski definition) is 2. The van der Waals surface area contributed by atoms with Gasteiger partial charge in [-0.05, 0) is 29.5 Å². The molecule has 1 atom stereocenters. The smallest absolute Gasteiger partial charge is 0.305 e. The first-order valence-electron chi connectivity index (χ1n) is 7.37. The number of amides is 1. The molecule has 0 aliphatic carbocycles. The second kappa shape index (κ2) is 7.25. The lowest BCUT2D eigenvalue weighted by Gasteiger charge is -2.20. The molecule has 1 aromatic rings. The third kappa shape index (κ3) is 5.58. The van der Waals surface area contributed by atoms with Crippen LogP contribution in [0.2, 0.25) is 0 Å². The fraction of sp³-hybridized carbons (Fsp3) is 0.529. The van der Waals surface area contributed by atoms with Crippen molar-refractivity contribution in [1.29, 1.82) is 0 Å². The SMILES string of the molecule is CCCC(CC(=O)O)NC(=O)c1ccc(C(C)(C)C)cc1. The van der Waals surface area contributed by atoms with Crippen LogP contribution in [0.1, 0.15) is 62.9 Å². The summed E-state index contributed by atoms with van der Waals surface area (Å²) in [5.41, 5.74) is 1.77. The summed E-state index contributed by atoms with van der Waals surface area (Å²) < 4.78 is 0. The van der Waals surface area contributed by atoms with E-state index in [1.54, 1.807) is 12.1 Å². The number of benzene rings is 1. The molecule has 0 saturated heterocycles. The van der Waals surface area contributed by atoms with Crippen LogP contribution in [0, 0.1) is 0 Å². The Morgan fingerprint density at radius 1 is 1.19 bits per heavy atom. The topological polar surface area (TPSA) is 66.4 Å². The molecule has 0 aliphatic rings. The maximum Gasteiger partial charge on any atom is 0.305 e. The van der Waals surface area contributed by atoms with Crippen molar-refractivity contribution in [1.82, 2.24) is 5.32 Å². The molecule has 0 spiro atoms. The Morgan fingerprint density at radius 3 is 2.19 bits per heavy atom. The standard InChI is InChI=1S/C17H25NO3/c1-5-6-14(11-15(19)20)18-16(21)12-7-9-13(10-8-12)17(2,3)4/h7-10,14H,5-6,11H2,1-4H3,(H,18,21)(H,19,20). The van der Waals surface area contributed by atoms with E-state index in [2.05, 4.69) is 26.1 Å². The predicted molar refractivity (Wildman–Crippen MR) is 83.6 cm³/mol. The number of rotatable bonds is 6. The van der Waals surface area contributed by atoms with Crippen molar-refractivity contribution in [2.24, 2.45) is 0 Å². The summed E-state index contributed by atoms with van der Waals surface area (Å²) in [7, 11) is 0. The predicted octanol–water partition coefficient (Wildman–Crippen LogP) is 3.36. The molecule has 1 amide bonds. The van der Waals surface area contributed by atoms with Gasteiger partial charge in [0.1, 0.15) is 0 Å². The number of carbonyl (C=O) groups is 2. The highest BCUT2D eigenvalue weighted by molar-refractivity contribution is 5.94. The Morgan fingerprint density at radius 2 is 1.76 bits per heavy atom. The minimum atomic E-state index is -0.892. The van der Waals surface area contributed by atoms with Crippen molar-refractivity contribution in [2.75, 3.05) is 0 Å². The lowest BCUT2D eigenvalue weighted by atomic mass is 9.86. The Hall–Kier alpha value is -1.84. The molecule has 1 rings (SSSR count). The summed E-state index contributed by atoms with van der Waals surface area (Å²) in [5, 5.41) is 11.7. The molecule has 0 bridgehead atoms. The first kappa shape index (κ1) is 17.2. The third-order valence-corrected chi connectivity index (χ3v) is 3.41. The average molecular weight is 291 g/mol. The molecule has 0 aromatic heterocycles. The van der Waals surface area contributed by atoms with E-state index in [0.717, 1.165) is 12.0 Å². The van der Waals surface area contributed by atoms with Crippen molar-refractivity contribution in [3.63, 3.8) is 0 Å². The first-order chi connectivity index (χ1) is 9.74. The van der Waals surface area contributed by atoms with Crippen molar-refractivity contribution >= 4 is 11.9 Å². The van der Waals surface area contributed by atoms with Gasteiger partial charge in [-0.1, -0.05) is 46.2 Å². The molecular weight excluding hydrogens is 266 g/mol. The highest BCUT2D eigenvalue weighted by Gasteiger charge is 2.17. The maximum absolute atomic E-state index is 12.2. The van der Waals surface area contributed by atoms with Crippen LogP contribution in [0.25, 0.3) is 0 Å². The van der Waals surface area contributed by atoms with Crippen molar-refractivity contribution < 1.29 is 14.7 Å². The molecular formula is C17H25NO3. The van der Waals surface area contributed by atoms with Gasteiger partial charge in [-0.15, -0.1) is 0 Å². The summed E-state index contributed by atoms with van der Waals surface area (Å²) in [6.07, 6.45) is 1.46. The number of carboxylic acid groups (broad SMARTS) is 1. The zero-order chi connectivity index (χ0) is 16.0. The van der Waals surface area contributed by atoms with Crippen LogP contribution in [0.4, 0.5) is 0 Å². The van der Waals surface area contributed by atoms with Gasteiger partial charge in [0.2, 0.25) is 0 Å². The fourth-order valence-electron chi connectivity index (χ4n) is 2.17. The number of carboxylic acids is 1. The largest absolute Gasteiger partial charge is 0.481 e. The molecule has 0 fully saturated rings. The van der Waals surface area contributed by atoms with E-state index in [-0.39, 0.29) is 23.8 Å². The van der Waals surface area contributed by atoms with E-state index in [4.69, 9.17) is 5.11 Å². The van der Waals surface area contributed by atoms with Gasteiger partial charge >= 0.3 is 5.97 Å². The maximum atomic E-state index is 12.2. The Bertz CT molecular complexity index is 486. The van der Waals surface area contributed by atoms with Crippen molar-refractivity contribution in [2.45, 2.75) is 58.4 Å². The van der Waals surface area contributed by atoms with Gasteiger partial charge in [-0.25, -0.2) is 0 Å². The van der Waals surface area contributed by atoms with Crippen LogP contribution in [-0.2, 0) is 10.2 Å². The molecule has 0 heterocycles. The summed E-state index contributed by atoms with van der Waals surface area (Å²) in [6, 6.07) is 7.16. The quantitative estimate of drug-likeness (QED) is 0.844. The summed E-state index contributed by atoms with van der Waals surface area (Å²) >= 11 is 0. The zero-order valence-corrected chi connectivity index (χ0v) is 13.3. The van der Waals surface area contributed by atoms with E-state index in [1.807, 2.05) is 19.1 Å². The molecule has 4 heteroatoms. The van der Waals surface area contributed by atoms with E-state index in [9.17, 15) is 9.59 Å². The normalized spacial score (nSPS) is 12.8. The van der Waals surface area contributed by atoms with E-state index in [0.29, 0.717) is 12.0 Å². The second-order valence-corrected chi connectivity index (χ2v) is 6.38. The molecule has 0 saturated carbocycles. The number of hydrogen-bond acceptors (Lipinski definition) is 2. The molecule has 21 heavy (non-hydrogen) atoms. The molecule has 0 radical (unpaired) electrons. The highest BCUT2D eigenvalue weighted by Crippen LogP contribution is 2.22. The van der Waals surface area contributed by atoms with Gasteiger partial charge < -0.3 is 10.4 Å². The molecule has 116 valence electrons. The zero-order valence-electron chi connectivity index (χ0n) is 13.3. The van der Waals surface area contributed by atoms with Gasteiger partial charge in [-0.2, -0.15) is 0 Å². The van der Waals surface area contributed by atoms with Crippen LogP contribution in [-0.4, -0.2) is 23.0 Å². The molecule has 1 unspecified atom stereocenters. The number of carbonyl (C=O) groups excluding carboxylic acids is 1. The van der Waals surface area contributed by atoms with E-state index in [1.165, 1.54) is 0 Å². The van der Waals surface area contributed by atoms with Gasteiger partial charge in [-0.3, -0.25) is 9.59 Å². The fourth-order valence-corrected chi connectivity index (χ4v) is 2.17. The van der Waals surface area contributed by atoms with E-state index >= 15 is 0 Å². The summed E-state index contributed by atoms with van der Waals surface area (Å²) in [4.78, 5) is 23.0. The number of aliphatic carboxylic acids is 1. The van der Waals surface area contributed by atoms with Crippen LogP contribution in [0.5, 0.6) is 0 Å². The van der Waals surface area contributed by atoms with Crippen LogP contribution in [0.3, 0.4) is 0 Å². The van der Waals surface area contributed by atoms with Crippen LogP contribution >= 0.6 is 0 Å². The van der Waals surface area contributed by atoms with Gasteiger partial charge in [0.05, 0.1) is 6.42 Å². The molecule has 4 nitrogen and oxygen atoms in total. The van der Waals surface area contributed by atoms with Gasteiger partial charge in [0, 0.05) is 11.6 Å². The highest BCUT2D eigenvalue weighted by atomic mass is 16.4. The molecule has 1 aromatic carbocycles. The van der Waals surface area contributed by atoms with Crippen molar-refractivity contribution in [3.05, 3.63) is 35.4 Å². The second-order valence-electron chi connectivity index (χ2n) is 6.38.